The Labute approximate surface area is 130 Å². The number of nitrogens with one attached hydrogen (secondary N) is 2. The first-order valence-electron chi connectivity index (χ1n) is 7.05. The van der Waals surface area contributed by atoms with Gasteiger partial charge in [0, 0.05) is 24.8 Å². The fourth-order valence-electron chi connectivity index (χ4n) is 3.00. The molecule has 1 fully saturated rings. The fraction of sp³-hybridized carbons (Fsp3) is 0.357. The lowest BCUT2D eigenvalue weighted by Crippen LogP contribution is -2.44. The molecule has 0 aliphatic carbocycles. The van der Waals surface area contributed by atoms with Crippen molar-refractivity contribution in [3.8, 4) is 0 Å². The van der Waals surface area contributed by atoms with Crippen molar-refractivity contribution in [2.75, 3.05) is 24.3 Å². The maximum Gasteiger partial charge on any atom is 0.262 e. The van der Waals surface area contributed by atoms with Gasteiger partial charge in [-0.05, 0) is 18.9 Å². The topological polar surface area (TPSA) is 102 Å². The SMILES string of the molecule is Nc1cc(Nc2cc3c(s2)C(=O)NC32CCOCC2)ncn1. The van der Waals surface area contributed by atoms with Crippen LogP contribution in [0.3, 0.4) is 0 Å². The predicted octanol–water partition coefficient (Wildman–Crippen LogP) is 1.61. The summed E-state index contributed by atoms with van der Waals surface area (Å²) < 4.78 is 5.43. The second kappa shape index (κ2) is 4.92. The summed E-state index contributed by atoms with van der Waals surface area (Å²) in [6, 6.07) is 3.69. The van der Waals surface area contributed by atoms with Crippen molar-refractivity contribution < 1.29 is 9.53 Å². The van der Waals surface area contributed by atoms with Crippen LogP contribution in [0.5, 0.6) is 0 Å². The summed E-state index contributed by atoms with van der Waals surface area (Å²) in [4.78, 5) is 21.0. The molecule has 2 aromatic heterocycles. The van der Waals surface area contributed by atoms with Crippen LogP contribution in [0.2, 0.25) is 0 Å². The average molecular weight is 317 g/mol. The molecule has 22 heavy (non-hydrogen) atoms. The molecule has 7 nitrogen and oxygen atoms in total. The molecule has 4 rings (SSSR count). The lowest BCUT2D eigenvalue weighted by Gasteiger charge is -2.33. The summed E-state index contributed by atoms with van der Waals surface area (Å²) in [6.45, 7) is 1.33. The molecule has 0 saturated carbocycles. The third-order valence-electron chi connectivity index (χ3n) is 4.09. The van der Waals surface area contributed by atoms with E-state index >= 15 is 0 Å². The number of hydrogen-bond acceptors (Lipinski definition) is 7. The summed E-state index contributed by atoms with van der Waals surface area (Å²) >= 11 is 1.43. The lowest BCUT2D eigenvalue weighted by atomic mass is 9.85. The minimum Gasteiger partial charge on any atom is -0.384 e. The van der Waals surface area contributed by atoms with Crippen LogP contribution in [-0.4, -0.2) is 29.1 Å². The average Bonchev–Trinajstić information content (AvgIpc) is 3.01. The number of ether oxygens (including phenoxy) is 1. The smallest absolute Gasteiger partial charge is 0.262 e. The number of hydrogen-bond donors (Lipinski definition) is 3. The summed E-state index contributed by atoms with van der Waals surface area (Å²) in [5.41, 5.74) is 6.45. The molecule has 2 aliphatic heterocycles. The highest BCUT2D eigenvalue weighted by Crippen LogP contribution is 2.44. The summed E-state index contributed by atoms with van der Waals surface area (Å²) in [5, 5.41) is 7.20. The highest BCUT2D eigenvalue weighted by atomic mass is 32.1. The van der Waals surface area contributed by atoms with Crippen molar-refractivity contribution in [1.29, 1.82) is 0 Å². The molecular formula is C14H15N5O2S. The highest BCUT2D eigenvalue weighted by Gasteiger charge is 2.45. The van der Waals surface area contributed by atoms with Crippen LogP contribution >= 0.6 is 11.3 Å². The first-order chi connectivity index (χ1) is 10.7. The van der Waals surface area contributed by atoms with Crippen molar-refractivity contribution in [2.24, 2.45) is 0 Å². The maximum atomic E-state index is 12.2. The van der Waals surface area contributed by atoms with Gasteiger partial charge in [-0.15, -0.1) is 11.3 Å². The van der Waals surface area contributed by atoms with Gasteiger partial charge >= 0.3 is 0 Å². The Hall–Kier alpha value is -2.19. The van der Waals surface area contributed by atoms with E-state index in [4.69, 9.17) is 10.5 Å². The van der Waals surface area contributed by atoms with E-state index in [1.54, 1.807) is 6.07 Å². The number of rotatable bonds is 2. The van der Waals surface area contributed by atoms with Crippen LogP contribution in [0, 0.1) is 0 Å². The van der Waals surface area contributed by atoms with Crippen LogP contribution in [0.25, 0.3) is 0 Å². The van der Waals surface area contributed by atoms with E-state index in [0.717, 1.165) is 28.3 Å². The second-order valence-corrected chi connectivity index (χ2v) is 6.51. The molecule has 0 bridgehead atoms. The monoisotopic (exact) mass is 317 g/mol. The molecule has 1 saturated heterocycles. The standard InChI is InChI=1S/C14H15N5O2S/c15-9-6-10(17-7-16-9)18-11-5-8-12(22-11)13(20)19-14(8)1-3-21-4-2-14/h5-7H,1-4H2,(H,19,20)(H3,15,16,17,18). The van der Waals surface area contributed by atoms with Crippen molar-refractivity contribution in [1.82, 2.24) is 15.3 Å². The van der Waals surface area contributed by atoms with Crippen molar-refractivity contribution in [2.45, 2.75) is 18.4 Å². The normalized spacial score (nSPS) is 19.0. The number of anilines is 3. The number of nitrogens with zero attached hydrogens (tertiary/aromatic N) is 2. The molecule has 4 N–H and O–H groups in total. The van der Waals surface area contributed by atoms with E-state index in [1.807, 2.05) is 6.07 Å². The van der Waals surface area contributed by atoms with E-state index in [0.29, 0.717) is 24.8 Å². The second-order valence-electron chi connectivity index (χ2n) is 5.46. The lowest BCUT2D eigenvalue weighted by molar-refractivity contribution is 0.0395. The molecule has 0 atom stereocenters. The van der Waals surface area contributed by atoms with Crippen LogP contribution in [0.4, 0.5) is 16.6 Å². The number of nitrogens with two attached hydrogens (primary N) is 1. The summed E-state index contributed by atoms with van der Waals surface area (Å²) in [6.07, 6.45) is 3.02. The highest BCUT2D eigenvalue weighted by molar-refractivity contribution is 7.18. The molecule has 1 spiro atoms. The van der Waals surface area contributed by atoms with E-state index in [-0.39, 0.29) is 11.4 Å². The Bertz CT molecular complexity index is 739. The van der Waals surface area contributed by atoms with Crippen LogP contribution in [-0.2, 0) is 10.3 Å². The van der Waals surface area contributed by atoms with Gasteiger partial charge < -0.3 is 21.1 Å². The molecule has 1 amide bonds. The number of thiophene rings is 1. The minimum absolute atomic E-state index is 0.00264. The molecule has 2 aromatic rings. The molecule has 2 aliphatic rings. The number of aromatic nitrogens is 2. The first kappa shape index (κ1) is 13.5. The summed E-state index contributed by atoms with van der Waals surface area (Å²) in [5.74, 6) is 1.02. The Kier molecular flexibility index (Phi) is 3.02. The molecule has 0 radical (unpaired) electrons. The number of amides is 1. The third-order valence-corrected chi connectivity index (χ3v) is 5.14. The van der Waals surface area contributed by atoms with Gasteiger partial charge in [-0.2, -0.15) is 0 Å². The Balaban J connectivity index is 1.66. The van der Waals surface area contributed by atoms with Crippen LogP contribution in [0.15, 0.2) is 18.5 Å². The van der Waals surface area contributed by atoms with Crippen molar-refractivity contribution in [3.63, 3.8) is 0 Å². The molecule has 4 heterocycles. The molecule has 114 valence electrons. The zero-order chi connectivity index (χ0) is 15.2. The summed E-state index contributed by atoms with van der Waals surface area (Å²) in [7, 11) is 0. The zero-order valence-corrected chi connectivity index (χ0v) is 12.6. The fourth-order valence-corrected chi connectivity index (χ4v) is 4.06. The van der Waals surface area contributed by atoms with Crippen LogP contribution < -0.4 is 16.4 Å². The van der Waals surface area contributed by atoms with Crippen LogP contribution in [0.1, 0.15) is 28.1 Å². The molecule has 0 aromatic carbocycles. The van der Waals surface area contributed by atoms with Gasteiger partial charge in [-0.25, -0.2) is 9.97 Å². The minimum atomic E-state index is -0.272. The zero-order valence-electron chi connectivity index (χ0n) is 11.8. The molecular weight excluding hydrogens is 302 g/mol. The molecule has 0 unspecified atom stereocenters. The van der Waals surface area contributed by atoms with E-state index < -0.39 is 0 Å². The van der Waals surface area contributed by atoms with Crippen molar-refractivity contribution >= 4 is 33.9 Å². The quantitative estimate of drug-likeness (QED) is 0.778. The maximum absolute atomic E-state index is 12.2. The Morgan fingerprint density at radius 2 is 2.14 bits per heavy atom. The van der Waals surface area contributed by atoms with Gasteiger partial charge in [0.25, 0.3) is 5.91 Å². The van der Waals surface area contributed by atoms with E-state index in [2.05, 4.69) is 20.6 Å². The van der Waals surface area contributed by atoms with Gasteiger partial charge in [-0.3, -0.25) is 4.79 Å². The van der Waals surface area contributed by atoms with E-state index in [1.165, 1.54) is 17.7 Å². The predicted molar refractivity (Wildman–Crippen MR) is 83.2 cm³/mol. The van der Waals surface area contributed by atoms with Gasteiger partial charge in [0.15, 0.2) is 0 Å². The largest absolute Gasteiger partial charge is 0.384 e. The first-order valence-corrected chi connectivity index (χ1v) is 7.87. The Morgan fingerprint density at radius 1 is 1.32 bits per heavy atom. The van der Waals surface area contributed by atoms with E-state index in [9.17, 15) is 4.79 Å². The van der Waals surface area contributed by atoms with Gasteiger partial charge in [-0.1, -0.05) is 0 Å². The molecule has 8 heteroatoms. The number of nitrogen functional groups attached to an aromatic ring is 1. The van der Waals surface area contributed by atoms with Gasteiger partial charge in [0.1, 0.15) is 18.0 Å². The number of carbonyl (C=O) groups excluding carboxylic acids is 1. The van der Waals surface area contributed by atoms with Gasteiger partial charge in [0.05, 0.1) is 15.4 Å². The number of carbonyl (C=O) groups is 1. The number of fused-ring (bicyclic) bond motifs is 2. The van der Waals surface area contributed by atoms with Gasteiger partial charge in [0.2, 0.25) is 0 Å². The third kappa shape index (κ3) is 2.11. The van der Waals surface area contributed by atoms with Crippen molar-refractivity contribution in [3.05, 3.63) is 28.9 Å². The Morgan fingerprint density at radius 3 is 2.91 bits per heavy atom.